The maximum Gasteiger partial charge on any atom is 0.332 e. The summed E-state index contributed by atoms with van der Waals surface area (Å²) in [5.74, 6) is 0.196. The minimum atomic E-state index is -0.0688. The van der Waals surface area contributed by atoms with Crippen molar-refractivity contribution in [1.29, 1.82) is 0 Å². The minimum Gasteiger partial charge on any atom is -0.508 e. The lowest BCUT2D eigenvalue weighted by Gasteiger charge is -2.03. The molecule has 0 spiro atoms. The van der Waals surface area contributed by atoms with Crippen LogP contribution in [0.5, 0.6) is 5.75 Å². The van der Waals surface area contributed by atoms with Crippen molar-refractivity contribution in [1.82, 2.24) is 9.13 Å². The molecule has 0 radical (unpaired) electrons. The Labute approximate surface area is 93.4 Å². The van der Waals surface area contributed by atoms with E-state index in [4.69, 9.17) is 0 Å². The molecule has 0 saturated heterocycles. The van der Waals surface area contributed by atoms with E-state index in [1.54, 1.807) is 40.4 Å². The normalized spacial score (nSPS) is 10.7. The van der Waals surface area contributed by atoms with E-state index in [-0.39, 0.29) is 11.4 Å². The molecule has 84 valence electrons. The fraction of sp³-hybridized carbons (Fsp3) is 0.250. The van der Waals surface area contributed by atoms with E-state index >= 15 is 0 Å². The van der Waals surface area contributed by atoms with Crippen LogP contribution in [0.2, 0.25) is 0 Å². The predicted molar refractivity (Wildman–Crippen MR) is 62.1 cm³/mol. The predicted octanol–water partition coefficient (Wildman–Crippen LogP) is 1.50. The number of aromatic nitrogens is 2. The van der Waals surface area contributed by atoms with Crippen LogP contribution in [-0.2, 0) is 7.05 Å². The second-order valence-electron chi connectivity index (χ2n) is 3.86. The van der Waals surface area contributed by atoms with Gasteiger partial charge in [-0.05, 0) is 38.1 Å². The molecule has 1 N–H and O–H groups in total. The molecule has 0 aliphatic carbocycles. The summed E-state index contributed by atoms with van der Waals surface area (Å²) in [6, 6.07) is 6.60. The lowest BCUT2D eigenvalue weighted by molar-refractivity contribution is 0.475. The highest BCUT2D eigenvalue weighted by molar-refractivity contribution is 5.39. The highest BCUT2D eigenvalue weighted by Crippen LogP contribution is 2.15. The van der Waals surface area contributed by atoms with Crippen molar-refractivity contribution in [2.24, 2.45) is 7.05 Å². The molecule has 0 unspecified atom stereocenters. The van der Waals surface area contributed by atoms with Gasteiger partial charge in [0.1, 0.15) is 5.75 Å². The second kappa shape index (κ2) is 3.56. The number of hydrogen-bond donors (Lipinski definition) is 1. The molecule has 2 aromatic rings. The SMILES string of the molecule is Cc1c(C)n(-c2ccc(O)cc2)c(=O)n1C. The molecule has 4 heteroatoms. The van der Waals surface area contributed by atoms with Crippen LogP contribution < -0.4 is 5.69 Å². The van der Waals surface area contributed by atoms with Crippen LogP contribution in [0.1, 0.15) is 11.4 Å². The summed E-state index contributed by atoms with van der Waals surface area (Å²) < 4.78 is 3.25. The Morgan fingerprint density at radius 1 is 1.06 bits per heavy atom. The van der Waals surface area contributed by atoms with Crippen molar-refractivity contribution in [3.05, 3.63) is 46.1 Å². The molecule has 1 aromatic carbocycles. The highest BCUT2D eigenvalue weighted by atomic mass is 16.3. The Morgan fingerprint density at radius 3 is 2.06 bits per heavy atom. The molecule has 16 heavy (non-hydrogen) atoms. The summed E-state index contributed by atoms with van der Waals surface area (Å²) in [5.41, 5.74) is 2.56. The summed E-state index contributed by atoms with van der Waals surface area (Å²) in [4.78, 5) is 12.0. The van der Waals surface area contributed by atoms with Gasteiger partial charge in [-0.1, -0.05) is 0 Å². The van der Waals surface area contributed by atoms with Crippen LogP contribution in [-0.4, -0.2) is 14.2 Å². The largest absolute Gasteiger partial charge is 0.508 e. The Bertz CT molecular complexity index is 576. The Balaban J connectivity index is 2.70. The number of phenolic OH excluding ortho intramolecular Hbond substituents is 1. The average Bonchev–Trinajstić information content (AvgIpc) is 2.46. The van der Waals surface area contributed by atoms with Gasteiger partial charge in [-0.25, -0.2) is 4.79 Å². The fourth-order valence-corrected chi connectivity index (χ4v) is 1.75. The quantitative estimate of drug-likeness (QED) is 0.788. The Hall–Kier alpha value is -1.97. The van der Waals surface area contributed by atoms with Crippen LogP contribution in [0.25, 0.3) is 5.69 Å². The molecule has 1 heterocycles. The third kappa shape index (κ3) is 1.43. The lowest BCUT2D eigenvalue weighted by atomic mass is 10.3. The van der Waals surface area contributed by atoms with Crippen LogP contribution in [0, 0.1) is 13.8 Å². The number of rotatable bonds is 1. The van der Waals surface area contributed by atoms with Gasteiger partial charge < -0.3 is 5.11 Å². The molecule has 0 saturated carbocycles. The third-order valence-corrected chi connectivity index (χ3v) is 2.95. The molecule has 0 fully saturated rings. The zero-order valence-corrected chi connectivity index (χ0v) is 9.56. The molecule has 0 aliphatic rings. The summed E-state index contributed by atoms with van der Waals surface area (Å²) in [7, 11) is 1.75. The monoisotopic (exact) mass is 218 g/mol. The van der Waals surface area contributed by atoms with E-state index in [9.17, 15) is 9.90 Å². The summed E-state index contributed by atoms with van der Waals surface area (Å²) in [6.45, 7) is 3.82. The van der Waals surface area contributed by atoms with Crippen molar-refractivity contribution < 1.29 is 5.11 Å². The van der Waals surface area contributed by atoms with Crippen molar-refractivity contribution in [2.45, 2.75) is 13.8 Å². The first-order chi connectivity index (χ1) is 7.52. The van der Waals surface area contributed by atoms with E-state index in [1.807, 2.05) is 13.8 Å². The summed E-state index contributed by atoms with van der Waals surface area (Å²) in [6.07, 6.45) is 0. The van der Waals surface area contributed by atoms with Gasteiger partial charge in [0, 0.05) is 18.4 Å². The van der Waals surface area contributed by atoms with Crippen LogP contribution in [0.4, 0.5) is 0 Å². The zero-order chi connectivity index (χ0) is 11.9. The number of aromatic hydroxyl groups is 1. The molecular weight excluding hydrogens is 204 g/mol. The fourth-order valence-electron chi connectivity index (χ4n) is 1.75. The lowest BCUT2D eigenvalue weighted by Crippen LogP contribution is -2.21. The van der Waals surface area contributed by atoms with E-state index < -0.39 is 0 Å². The smallest absolute Gasteiger partial charge is 0.332 e. The highest BCUT2D eigenvalue weighted by Gasteiger charge is 2.11. The van der Waals surface area contributed by atoms with E-state index in [1.165, 1.54) is 0 Å². The maximum absolute atomic E-state index is 12.0. The first-order valence-electron chi connectivity index (χ1n) is 5.06. The van der Waals surface area contributed by atoms with Gasteiger partial charge in [0.05, 0.1) is 5.69 Å². The number of hydrogen-bond acceptors (Lipinski definition) is 2. The van der Waals surface area contributed by atoms with E-state index in [0.717, 1.165) is 17.1 Å². The van der Waals surface area contributed by atoms with Gasteiger partial charge in [0.25, 0.3) is 0 Å². The van der Waals surface area contributed by atoms with Crippen molar-refractivity contribution in [3.63, 3.8) is 0 Å². The average molecular weight is 218 g/mol. The van der Waals surface area contributed by atoms with Crippen LogP contribution in [0.3, 0.4) is 0 Å². The number of nitrogens with zero attached hydrogens (tertiary/aromatic N) is 2. The molecule has 0 amide bonds. The maximum atomic E-state index is 12.0. The van der Waals surface area contributed by atoms with Crippen LogP contribution >= 0.6 is 0 Å². The van der Waals surface area contributed by atoms with E-state index in [2.05, 4.69) is 0 Å². The second-order valence-corrected chi connectivity index (χ2v) is 3.86. The minimum absolute atomic E-state index is 0.0688. The standard InChI is InChI=1S/C12H14N2O2/c1-8-9(2)14(12(16)13(8)3)10-4-6-11(15)7-5-10/h4-7,15H,1-3H3. The molecule has 1 aromatic heterocycles. The zero-order valence-electron chi connectivity index (χ0n) is 9.56. The molecular formula is C12H14N2O2. The Kier molecular flexibility index (Phi) is 2.34. The Morgan fingerprint density at radius 2 is 1.62 bits per heavy atom. The molecule has 0 bridgehead atoms. The van der Waals surface area contributed by atoms with Gasteiger partial charge >= 0.3 is 5.69 Å². The topological polar surface area (TPSA) is 47.2 Å². The van der Waals surface area contributed by atoms with Gasteiger partial charge in [-0.15, -0.1) is 0 Å². The van der Waals surface area contributed by atoms with Crippen LogP contribution in [0.15, 0.2) is 29.1 Å². The van der Waals surface area contributed by atoms with Gasteiger partial charge in [0.15, 0.2) is 0 Å². The van der Waals surface area contributed by atoms with E-state index in [0.29, 0.717) is 0 Å². The molecule has 2 rings (SSSR count). The first kappa shape index (κ1) is 10.5. The van der Waals surface area contributed by atoms with Crippen molar-refractivity contribution in [2.75, 3.05) is 0 Å². The molecule has 0 atom stereocenters. The number of imidazole rings is 1. The first-order valence-corrected chi connectivity index (χ1v) is 5.06. The number of benzene rings is 1. The number of phenols is 1. The molecule has 0 aliphatic heterocycles. The van der Waals surface area contributed by atoms with Gasteiger partial charge in [0.2, 0.25) is 0 Å². The van der Waals surface area contributed by atoms with Gasteiger partial charge in [-0.2, -0.15) is 0 Å². The third-order valence-electron chi connectivity index (χ3n) is 2.95. The van der Waals surface area contributed by atoms with Crippen molar-refractivity contribution >= 4 is 0 Å². The summed E-state index contributed by atoms with van der Waals surface area (Å²) in [5, 5.41) is 9.21. The summed E-state index contributed by atoms with van der Waals surface area (Å²) >= 11 is 0. The van der Waals surface area contributed by atoms with Crippen molar-refractivity contribution in [3.8, 4) is 11.4 Å². The molecule has 4 nitrogen and oxygen atoms in total. The van der Waals surface area contributed by atoms with Gasteiger partial charge in [-0.3, -0.25) is 9.13 Å².